The van der Waals surface area contributed by atoms with E-state index in [-0.39, 0.29) is 29.9 Å². The normalized spacial score (nSPS) is 17.6. The summed E-state index contributed by atoms with van der Waals surface area (Å²) in [6, 6.07) is 9.70. The molecule has 8 heteroatoms. The van der Waals surface area contributed by atoms with Crippen molar-refractivity contribution in [1.82, 2.24) is 4.90 Å². The van der Waals surface area contributed by atoms with Crippen LogP contribution >= 0.6 is 11.3 Å². The molecule has 1 saturated heterocycles. The van der Waals surface area contributed by atoms with Gasteiger partial charge in [0, 0.05) is 11.4 Å². The predicted molar refractivity (Wildman–Crippen MR) is 89.6 cm³/mol. The van der Waals surface area contributed by atoms with Crippen molar-refractivity contribution in [1.29, 1.82) is 0 Å². The second-order valence-electron chi connectivity index (χ2n) is 5.66. The number of hydrogen-bond acceptors (Lipinski definition) is 4. The average molecular weight is 370 g/mol. The molecule has 1 N–H and O–H groups in total. The highest BCUT2D eigenvalue weighted by Gasteiger charge is 2.33. The summed E-state index contributed by atoms with van der Waals surface area (Å²) in [7, 11) is 0. The molecule has 25 heavy (non-hydrogen) atoms. The number of ether oxygens (including phenoxy) is 1. The molecule has 0 aliphatic carbocycles. The number of alkyl halides is 3. The van der Waals surface area contributed by atoms with Gasteiger partial charge < -0.3 is 15.0 Å². The molecule has 1 unspecified atom stereocenters. The molecule has 1 aromatic carbocycles. The molecular weight excluding hydrogens is 353 g/mol. The zero-order valence-corrected chi connectivity index (χ0v) is 14.1. The topological polar surface area (TPSA) is 41.6 Å². The number of carbonyl (C=O) groups is 1. The van der Waals surface area contributed by atoms with Crippen LogP contribution in [0.5, 0.6) is 5.75 Å². The first-order chi connectivity index (χ1) is 11.9. The fraction of sp³-hybridized carbons (Fsp3) is 0.353. The summed E-state index contributed by atoms with van der Waals surface area (Å²) >= 11 is 1.61. The Bertz CT molecular complexity index is 719. The van der Waals surface area contributed by atoms with Gasteiger partial charge in [-0.25, -0.2) is 0 Å². The number of likely N-dealkylation sites (tertiary alicyclic amines) is 1. The number of rotatable bonds is 5. The number of hydrogen-bond donors (Lipinski definition) is 1. The Morgan fingerprint density at radius 2 is 2.08 bits per heavy atom. The van der Waals surface area contributed by atoms with Crippen LogP contribution in [0.25, 0.3) is 0 Å². The molecule has 0 spiro atoms. The van der Waals surface area contributed by atoms with Crippen molar-refractivity contribution in [2.75, 3.05) is 18.4 Å². The molecule has 4 nitrogen and oxygen atoms in total. The van der Waals surface area contributed by atoms with Crippen molar-refractivity contribution in [3.63, 3.8) is 0 Å². The van der Waals surface area contributed by atoms with E-state index in [0.29, 0.717) is 6.54 Å². The molecule has 3 rings (SSSR count). The van der Waals surface area contributed by atoms with Crippen LogP contribution in [0.15, 0.2) is 41.8 Å². The van der Waals surface area contributed by atoms with E-state index in [1.165, 1.54) is 18.2 Å². The number of thiophene rings is 1. The first kappa shape index (κ1) is 17.6. The third-order valence-electron chi connectivity index (χ3n) is 3.99. The quantitative estimate of drug-likeness (QED) is 0.847. The molecule has 1 fully saturated rings. The minimum absolute atomic E-state index is 0.0518. The van der Waals surface area contributed by atoms with E-state index in [9.17, 15) is 18.0 Å². The Morgan fingerprint density at radius 1 is 1.28 bits per heavy atom. The van der Waals surface area contributed by atoms with Crippen molar-refractivity contribution in [3.05, 3.63) is 46.7 Å². The van der Waals surface area contributed by atoms with Crippen LogP contribution in [-0.4, -0.2) is 30.3 Å². The van der Waals surface area contributed by atoms with E-state index < -0.39 is 6.36 Å². The van der Waals surface area contributed by atoms with Crippen LogP contribution in [0.2, 0.25) is 0 Å². The molecular formula is C17H17F3N2O2S. The van der Waals surface area contributed by atoms with Gasteiger partial charge in [0.1, 0.15) is 0 Å². The second kappa shape index (κ2) is 7.35. The minimum Gasteiger partial charge on any atom is -0.404 e. The SMILES string of the molecule is O=C(CNc1ccccc1OC(F)(F)F)N1CCCC1c1cccs1. The fourth-order valence-electron chi connectivity index (χ4n) is 2.94. The van der Waals surface area contributed by atoms with Crippen LogP contribution in [0.3, 0.4) is 0 Å². The smallest absolute Gasteiger partial charge is 0.404 e. The first-order valence-electron chi connectivity index (χ1n) is 7.85. The third-order valence-corrected chi connectivity index (χ3v) is 4.96. The number of benzene rings is 1. The summed E-state index contributed by atoms with van der Waals surface area (Å²) < 4.78 is 41.3. The highest BCUT2D eigenvalue weighted by Crippen LogP contribution is 2.35. The molecule has 1 amide bonds. The molecule has 1 aliphatic rings. The van der Waals surface area contributed by atoms with Gasteiger partial charge in [-0.05, 0) is 36.4 Å². The number of nitrogens with one attached hydrogen (secondary N) is 1. The van der Waals surface area contributed by atoms with Crippen LogP contribution in [0.1, 0.15) is 23.8 Å². The zero-order chi connectivity index (χ0) is 17.9. The van der Waals surface area contributed by atoms with Crippen LogP contribution < -0.4 is 10.1 Å². The Labute approximate surface area is 147 Å². The summed E-state index contributed by atoms with van der Waals surface area (Å²) in [4.78, 5) is 15.4. The fourth-order valence-corrected chi connectivity index (χ4v) is 3.81. The van der Waals surface area contributed by atoms with Crippen LogP contribution in [0.4, 0.5) is 18.9 Å². The lowest BCUT2D eigenvalue weighted by Gasteiger charge is -2.24. The average Bonchev–Trinajstić information content (AvgIpc) is 3.23. The standard InChI is InChI=1S/C17H17F3N2O2S/c18-17(19,20)24-14-7-2-1-5-12(14)21-11-16(23)22-9-3-6-13(22)15-8-4-10-25-15/h1-2,4-5,7-8,10,13,21H,3,6,9,11H2. The van der Waals surface area contributed by atoms with Gasteiger partial charge in [-0.15, -0.1) is 24.5 Å². The summed E-state index contributed by atoms with van der Waals surface area (Å²) in [5.74, 6) is -0.489. The Hall–Kier alpha value is -2.22. The highest BCUT2D eigenvalue weighted by molar-refractivity contribution is 7.10. The lowest BCUT2D eigenvalue weighted by molar-refractivity contribution is -0.274. The van der Waals surface area contributed by atoms with Gasteiger partial charge in [0.05, 0.1) is 18.3 Å². The largest absolute Gasteiger partial charge is 0.573 e. The van der Waals surface area contributed by atoms with Gasteiger partial charge in [-0.3, -0.25) is 4.79 Å². The molecule has 134 valence electrons. The van der Waals surface area contributed by atoms with Gasteiger partial charge >= 0.3 is 6.36 Å². The predicted octanol–water partition coefficient (Wildman–Crippen LogP) is 4.42. The van der Waals surface area contributed by atoms with Gasteiger partial charge in [0.2, 0.25) is 5.91 Å². The summed E-state index contributed by atoms with van der Waals surface area (Å²) in [6.07, 6.45) is -2.96. The van der Waals surface area contributed by atoms with E-state index in [1.54, 1.807) is 22.3 Å². The maximum Gasteiger partial charge on any atom is 0.573 e. The molecule has 2 aromatic rings. The molecule has 0 bridgehead atoms. The highest BCUT2D eigenvalue weighted by atomic mass is 32.1. The van der Waals surface area contributed by atoms with Gasteiger partial charge in [0.25, 0.3) is 0 Å². The number of nitrogens with zero attached hydrogens (tertiary/aromatic N) is 1. The van der Waals surface area contributed by atoms with E-state index in [2.05, 4.69) is 10.1 Å². The van der Waals surface area contributed by atoms with Crippen molar-refractivity contribution in [2.24, 2.45) is 0 Å². The molecule has 0 saturated carbocycles. The van der Waals surface area contributed by atoms with Crippen LogP contribution in [-0.2, 0) is 4.79 Å². The van der Waals surface area contributed by atoms with Crippen molar-refractivity contribution in [3.8, 4) is 5.75 Å². The zero-order valence-electron chi connectivity index (χ0n) is 13.3. The number of para-hydroxylation sites is 2. The van der Waals surface area contributed by atoms with E-state index in [0.717, 1.165) is 17.7 Å². The van der Waals surface area contributed by atoms with Crippen molar-refractivity contribution >= 4 is 22.9 Å². The number of carbonyl (C=O) groups excluding carboxylic acids is 1. The Balaban J connectivity index is 1.65. The van der Waals surface area contributed by atoms with Gasteiger partial charge in [-0.2, -0.15) is 0 Å². The molecule has 0 radical (unpaired) electrons. The monoisotopic (exact) mass is 370 g/mol. The number of anilines is 1. The Kier molecular flexibility index (Phi) is 5.17. The summed E-state index contributed by atoms with van der Waals surface area (Å²) in [5.41, 5.74) is 0.139. The molecule has 1 atom stereocenters. The third kappa shape index (κ3) is 4.45. The first-order valence-corrected chi connectivity index (χ1v) is 8.73. The Morgan fingerprint density at radius 3 is 2.80 bits per heavy atom. The molecule has 1 aromatic heterocycles. The maximum atomic E-state index is 12.5. The van der Waals surface area contributed by atoms with Crippen LogP contribution in [0, 0.1) is 0 Å². The maximum absolute atomic E-state index is 12.5. The summed E-state index contributed by atoms with van der Waals surface area (Å²) in [5, 5.41) is 4.74. The van der Waals surface area contributed by atoms with Crippen molar-refractivity contribution < 1.29 is 22.7 Å². The summed E-state index contributed by atoms with van der Waals surface area (Å²) in [6.45, 7) is 0.573. The van der Waals surface area contributed by atoms with Gasteiger partial charge in [-0.1, -0.05) is 18.2 Å². The second-order valence-corrected chi connectivity index (χ2v) is 6.64. The van der Waals surface area contributed by atoms with E-state index in [1.807, 2.05) is 17.5 Å². The molecule has 1 aliphatic heterocycles. The van der Waals surface area contributed by atoms with Crippen molar-refractivity contribution in [2.45, 2.75) is 25.2 Å². The lowest BCUT2D eigenvalue weighted by atomic mass is 10.2. The molecule has 2 heterocycles. The number of amides is 1. The minimum atomic E-state index is -4.78. The van der Waals surface area contributed by atoms with E-state index in [4.69, 9.17) is 0 Å². The lowest BCUT2D eigenvalue weighted by Crippen LogP contribution is -2.35. The van der Waals surface area contributed by atoms with Gasteiger partial charge in [0.15, 0.2) is 5.75 Å². The van der Waals surface area contributed by atoms with E-state index >= 15 is 0 Å². The number of halogens is 3.